The van der Waals surface area contributed by atoms with Crippen molar-refractivity contribution in [2.75, 3.05) is 20.8 Å². The molecule has 6 heteroatoms. The Morgan fingerprint density at radius 3 is 2.39 bits per heavy atom. The summed E-state index contributed by atoms with van der Waals surface area (Å²) in [6.07, 6.45) is 0.726. The molecule has 1 N–H and O–H groups in total. The topological polar surface area (TPSA) is 60.5 Å². The van der Waals surface area contributed by atoms with Crippen molar-refractivity contribution in [2.24, 2.45) is 0 Å². The molecule has 0 saturated heterocycles. The van der Waals surface area contributed by atoms with Gasteiger partial charge in [-0.05, 0) is 18.1 Å². The van der Waals surface area contributed by atoms with E-state index in [1.54, 1.807) is 43.8 Å². The number of nitrogens with zero attached hydrogens (tertiary/aromatic N) is 1. The number of thiazole rings is 1. The molecule has 1 aromatic heterocycles. The Kier molecular flexibility index (Phi) is 5.98. The number of carbonyl (C=O) groups excluding carboxylic acids is 1. The first-order chi connectivity index (χ1) is 11.0. The predicted octanol–water partition coefficient (Wildman–Crippen LogP) is 3.26. The maximum Gasteiger partial charge on any atom is 0.251 e. The molecule has 0 spiro atoms. The number of amides is 1. The fraction of sp³-hybridized carbons (Fsp3) is 0.412. The zero-order valence-electron chi connectivity index (χ0n) is 13.9. The largest absolute Gasteiger partial charge is 0.497 e. The lowest BCUT2D eigenvalue weighted by atomic mass is 10.2. The molecule has 0 fully saturated rings. The standard InChI is InChI=1S/C17H22N2O3S/c1-11(2)15-10-23-16(19-15)5-6-18-17(20)12-7-13(21-3)9-14(8-12)22-4/h7-11H,5-6H2,1-4H3,(H,18,20). The molecule has 0 aliphatic carbocycles. The Balaban J connectivity index is 1.94. The molecule has 0 aliphatic rings. The molecule has 0 radical (unpaired) electrons. The number of hydrogen-bond acceptors (Lipinski definition) is 5. The highest BCUT2D eigenvalue weighted by Crippen LogP contribution is 2.22. The normalized spacial score (nSPS) is 10.7. The maximum atomic E-state index is 12.2. The van der Waals surface area contributed by atoms with E-state index in [-0.39, 0.29) is 5.91 Å². The number of ether oxygens (including phenoxy) is 2. The van der Waals surface area contributed by atoms with Gasteiger partial charge in [-0.1, -0.05) is 13.8 Å². The first-order valence-electron chi connectivity index (χ1n) is 7.49. The van der Waals surface area contributed by atoms with Crippen LogP contribution in [0.4, 0.5) is 0 Å². The molecule has 1 amide bonds. The summed E-state index contributed by atoms with van der Waals surface area (Å²) in [5, 5.41) is 6.02. The minimum Gasteiger partial charge on any atom is -0.497 e. The quantitative estimate of drug-likeness (QED) is 0.844. The van der Waals surface area contributed by atoms with E-state index in [1.165, 1.54) is 0 Å². The zero-order chi connectivity index (χ0) is 16.8. The van der Waals surface area contributed by atoms with E-state index in [0.717, 1.165) is 17.1 Å². The van der Waals surface area contributed by atoms with E-state index in [4.69, 9.17) is 9.47 Å². The van der Waals surface area contributed by atoms with Crippen LogP contribution in [0, 0.1) is 0 Å². The maximum absolute atomic E-state index is 12.2. The van der Waals surface area contributed by atoms with Crippen LogP contribution in [0.25, 0.3) is 0 Å². The second-order valence-electron chi connectivity index (χ2n) is 5.43. The molecule has 0 bridgehead atoms. The molecular formula is C17H22N2O3S. The van der Waals surface area contributed by atoms with E-state index >= 15 is 0 Å². The Bertz CT molecular complexity index is 645. The summed E-state index contributed by atoms with van der Waals surface area (Å²) < 4.78 is 10.4. The van der Waals surface area contributed by atoms with Gasteiger partial charge < -0.3 is 14.8 Å². The van der Waals surface area contributed by atoms with Crippen molar-refractivity contribution in [3.63, 3.8) is 0 Å². The zero-order valence-corrected chi connectivity index (χ0v) is 14.7. The van der Waals surface area contributed by atoms with Gasteiger partial charge in [0, 0.05) is 30.0 Å². The number of aromatic nitrogens is 1. The summed E-state index contributed by atoms with van der Waals surface area (Å²) in [7, 11) is 3.12. The third-order valence-corrected chi connectivity index (χ3v) is 4.33. The van der Waals surface area contributed by atoms with Gasteiger partial charge in [0.05, 0.1) is 24.9 Å². The van der Waals surface area contributed by atoms with Crippen LogP contribution >= 0.6 is 11.3 Å². The van der Waals surface area contributed by atoms with Gasteiger partial charge in [-0.3, -0.25) is 4.79 Å². The average molecular weight is 334 g/mol. The smallest absolute Gasteiger partial charge is 0.251 e. The van der Waals surface area contributed by atoms with Crippen LogP contribution in [0.1, 0.15) is 40.8 Å². The Morgan fingerprint density at radius 2 is 1.87 bits per heavy atom. The van der Waals surface area contributed by atoms with Gasteiger partial charge in [-0.2, -0.15) is 0 Å². The molecule has 0 atom stereocenters. The van der Waals surface area contributed by atoms with Crippen molar-refractivity contribution in [1.29, 1.82) is 0 Å². The lowest BCUT2D eigenvalue weighted by molar-refractivity contribution is 0.0953. The first-order valence-corrected chi connectivity index (χ1v) is 8.37. The Hall–Kier alpha value is -2.08. The second-order valence-corrected chi connectivity index (χ2v) is 6.37. The van der Waals surface area contributed by atoms with E-state index in [9.17, 15) is 4.79 Å². The van der Waals surface area contributed by atoms with Crippen LogP contribution in [-0.2, 0) is 6.42 Å². The van der Waals surface area contributed by atoms with Crippen LogP contribution in [0.3, 0.4) is 0 Å². The van der Waals surface area contributed by atoms with Crippen molar-refractivity contribution in [3.05, 3.63) is 39.8 Å². The summed E-state index contributed by atoms with van der Waals surface area (Å²) in [6, 6.07) is 5.12. The summed E-state index contributed by atoms with van der Waals surface area (Å²) in [5.41, 5.74) is 1.62. The molecule has 0 unspecified atom stereocenters. The van der Waals surface area contributed by atoms with Crippen molar-refractivity contribution >= 4 is 17.2 Å². The van der Waals surface area contributed by atoms with Crippen LogP contribution in [-0.4, -0.2) is 31.7 Å². The highest BCUT2D eigenvalue weighted by Gasteiger charge is 2.10. The molecular weight excluding hydrogens is 312 g/mol. The fourth-order valence-electron chi connectivity index (χ4n) is 2.03. The number of nitrogens with one attached hydrogen (secondary N) is 1. The van der Waals surface area contributed by atoms with E-state index in [2.05, 4.69) is 29.5 Å². The van der Waals surface area contributed by atoms with Crippen LogP contribution < -0.4 is 14.8 Å². The Morgan fingerprint density at radius 1 is 1.22 bits per heavy atom. The molecule has 0 aliphatic heterocycles. The SMILES string of the molecule is COc1cc(OC)cc(C(=O)NCCc2nc(C(C)C)cs2)c1. The van der Waals surface area contributed by atoms with Crippen LogP contribution in [0.15, 0.2) is 23.6 Å². The number of benzene rings is 1. The van der Waals surface area contributed by atoms with Gasteiger partial charge in [0.1, 0.15) is 11.5 Å². The summed E-state index contributed by atoms with van der Waals surface area (Å²) in [4.78, 5) is 16.8. The fourth-order valence-corrected chi connectivity index (χ4v) is 2.99. The second kappa shape index (κ2) is 7.97. The average Bonchev–Trinajstić information content (AvgIpc) is 3.03. The van der Waals surface area contributed by atoms with E-state index < -0.39 is 0 Å². The van der Waals surface area contributed by atoms with Crippen molar-refractivity contribution in [3.8, 4) is 11.5 Å². The number of hydrogen-bond donors (Lipinski definition) is 1. The summed E-state index contributed by atoms with van der Waals surface area (Å²) in [5.74, 6) is 1.47. The first kappa shape index (κ1) is 17.3. The van der Waals surface area contributed by atoms with Gasteiger partial charge in [-0.25, -0.2) is 4.98 Å². The number of carbonyl (C=O) groups is 1. The number of methoxy groups -OCH3 is 2. The molecule has 1 heterocycles. The minimum absolute atomic E-state index is 0.150. The highest BCUT2D eigenvalue weighted by atomic mass is 32.1. The molecule has 2 rings (SSSR count). The van der Waals surface area contributed by atoms with Gasteiger partial charge in [0.25, 0.3) is 5.91 Å². The minimum atomic E-state index is -0.150. The van der Waals surface area contributed by atoms with Crippen molar-refractivity contribution in [1.82, 2.24) is 10.3 Å². The van der Waals surface area contributed by atoms with Gasteiger partial charge in [0.15, 0.2) is 0 Å². The number of rotatable bonds is 7. The summed E-state index contributed by atoms with van der Waals surface area (Å²) in [6.45, 7) is 4.79. The monoisotopic (exact) mass is 334 g/mol. The molecule has 23 heavy (non-hydrogen) atoms. The Labute approximate surface area is 140 Å². The third-order valence-electron chi connectivity index (χ3n) is 3.40. The predicted molar refractivity (Wildman–Crippen MR) is 91.8 cm³/mol. The van der Waals surface area contributed by atoms with Crippen LogP contribution in [0.2, 0.25) is 0 Å². The molecule has 0 saturated carbocycles. The lowest BCUT2D eigenvalue weighted by Gasteiger charge is -2.09. The lowest BCUT2D eigenvalue weighted by Crippen LogP contribution is -2.25. The molecule has 5 nitrogen and oxygen atoms in total. The highest BCUT2D eigenvalue weighted by molar-refractivity contribution is 7.09. The molecule has 2 aromatic rings. The van der Waals surface area contributed by atoms with Crippen molar-refractivity contribution in [2.45, 2.75) is 26.2 Å². The van der Waals surface area contributed by atoms with Gasteiger partial charge >= 0.3 is 0 Å². The molecule has 124 valence electrons. The van der Waals surface area contributed by atoms with Gasteiger partial charge in [-0.15, -0.1) is 11.3 Å². The molecule has 1 aromatic carbocycles. The summed E-state index contributed by atoms with van der Waals surface area (Å²) >= 11 is 1.64. The van der Waals surface area contributed by atoms with Crippen LogP contribution in [0.5, 0.6) is 11.5 Å². The van der Waals surface area contributed by atoms with E-state index in [0.29, 0.717) is 29.5 Å². The third kappa shape index (κ3) is 4.69. The van der Waals surface area contributed by atoms with Gasteiger partial charge in [0.2, 0.25) is 0 Å². The van der Waals surface area contributed by atoms with E-state index in [1.807, 2.05) is 0 Å². The van der Waals surface area contributed by atoms with Crippen molar-refractivity contribution < 1.29 is 14.3 Å².